The van der Waals surface area contributed by atoms with E-state index in [2.05, 4.69) is 27.3 Å². The van der Waals surface area contributed by atoms with E-state index in [1.54, 1.807) is 7.11 Å². The summed E-state index contributed by atoms with van der Waals surface area (Å²) in [6, 6.07) is 12.9. The van der Waals surface area contributed by atoms with Crippen LogP contribution in [0.4, 0.5) is 4.79 Å². The number of amides is 5. The van der Waals surface area contributed by atoms with Gasteiger partial charge in [0.2, 0.25) is 21.8 Å². The first-order chi connectivity index (χ1) is 27.5. The number of pyridine rings is 1. The molecule has 0 radical (unpaired) electrons. The monoisotopic (exact) mass is 814 g/mol. The minimum Gasteiger partial charge on any atom is -0.496 e. The van der Waals surface area contributed by atoms with Gasteiger partial charge in [-0.15, -0.1) is 6.58 Å². The number of nitrogens with zero attached hydrogens (tertiary/aromatic N) is 2. The summed E-state index contributed by atoms with van der Waals surface area (Å²) in [5, 5.41) is 8.87. The van der Waals surface area contributed by atoms with Crippen LogP contribution in [0.2, 0.25) is 0 Å². The summed E-state index contributed by atoms with van der Waals surface area (Å²) in [5.74, 6) is -1.63. The zero-order chi connectivity index (χ0) is 41.6. The van der Waals surface area contributed by atoms with Crippen LogP contribution < -0.4 is 30.1 Å². The second-order valence-electron chi connectivity index (χ2n) is 17.1. The van der Waals surface area contributed by atoms with Crippen molar-refractivity contribution >= 4 is 44.7 Å². The Labute approximate surface area is 339 Å². The molecule has 3 fully saturated rings. The third-order valence-electron chi connectivity index (χ3n) is 11.8. The van der Waals surface area contributed by atoms with E-state index >= 15 is 0 Å². The fourth-order valence-corrected chi connectivity index (χ4v) is 9.57. The number of methoxy groups -OCH3 is 1. The Hall–Kier alpha value is -5.18. The van der Waals surface area contributed by atoms with Gasteiger partial charge in [0.15, 0.2) is 0 Å². The molecule has 5 amide bonds. The number of sulfonamides is 1. The van der Waals surface area contributed by atoms with Gasteiger partial charge in [0, 0.05) is 41.0 Å². The quantitative estimate of drug-likeness (QED) is 0.221. The molecule has 2 aromatic carbocycles. The molecule has 7 rings (SSSR count). The number of nitrogens with one attached hydrogen (secondary N) is 4. The van der Waals surface area contributed by atoms with E-state index in [1.165, 1.54) is 11.0 Å². The first-order valence-electron chi connectivity index (χ1n) is 20.2. The van der Waals surface area contributed by atoms with Gasteiger partial charge in [0.1, 0.15) is 35.2 Å². The SMILES string of the molecule is C=CC1C[C@]1(NC(=O)[C@@H]1C[C@@H]2CN1C(=O)[C@H](C(C)C)NC(=O)NC(C)(C)CCCCc1cc3c(cc(-c4ccccc4)nc3cc1OC)O2)C(=O)NS(=O)(=O)C1CC1. The molecule has 0 spiro atoms. The Morgan fingerprint density at radius 2 is 1.84 bits per heavy atom. The predicted molar refractivity (Wildman–Crippen MR) is 219 cm³/mol. The fourth-order valence-electron chi connectivity index (χ4n) is 8.20. The number of aryl methyl sites for hydroxylation is 1. The lowest BCUT2D eigenvalue weighted by Gasteiger charge is -2.33. The molecule has 2 saturated carbocycles. The van der Waals surface area contributed by atoms with Crippen LogP contribution >= 0.6 is 0 Å². The molecule has 58 heavy (non-hydrogen) atoms. The van der Waals surface area contributed by atoms with Crippen LogP contribution in [0.5, 0.6) is 11.5 Å². The maximum absolute atomic E-state index is 14.7. The first-order valence-corrected chi connectivity index (χ1v) is 21.7. The molecule has 15 heteroatoms. The molecule has 1 saturated heterocycles. The number of hydrogen-bond donors (Lipinski definition) is 4. The van der Waals surface area contributed by atoms with E-state index in [9.17, 15) is 27.6 Å². The van der Waals surface area contributed by atoms with Crippen molar-refractivity contribution in [2.75, 3.05) is 13.7 Å². The summed E-state index contributed by atoms with van der Waals surface area (Å²) in [7, 11) is -2.28. The number of urea groups is 1. The molecule has 2 aliphatic heterocycles. The summed E-state index contributed by atoms with van der Waals surface area (Å²) >= 11 is 0. The number of carbonyl (C=O) groups is 4. The van der Waals surface area contributed by atoms with Crippen LogP contribution in [0, 0.1) is 11.8 Å². The average molecular weight is 815 g/mol. The molecule has 4 bridgehead atoms. The molecule has 310 valence electrons. The van der Waals surface area contributed by atoms with Gasteiger partial charge in [-0.3, -0.25) is 19.1 Å². The highest BCUT2D eigenvalue weighted by Crippen LogP contribution is 2.46. The molecule has 5 atom stereocenters. The Kier molecular flexibility index (Phi) is 11.2. The summed E-state index contributed by atoms with van der Waals surface area (Å²) < 4.78 is 40.5. The van der Waals surface area contributed by atoms with Gasteiger partial charge in [-0.1, -0.05) is 56.7 Å². The predicted octanol–water partition coefficient (Wildman–Crippen LogP) is 4.76. The maximum atomic E-state index is 14.7. The van der Waals surface area contributed by atoms with E-state index in [1.807, 2.05) is 76.2 Å². The molecular weight excluding hydrogens is 761 g/mol. The minimum absolute atomic E-state index is 0.0113. The normalized spacial score (nSPS) is 26.1. The van der Waals surface area contributed by atoms with E-state index in [0.717, 1.165) is 29.4 Å². The standard InChI is InChI=1S/C43H54N6O8S/c1-7-28-23-43(28,40(52)48-58(54,55)30-16-17-30)46-38(50)34-20-29-24-49(34)39(51)37(25(2)3)45-41(53)47-42(4,5)18-12-11-15-27-19-31-33(22-35(27)56-6)44-32(21-36(31)57-29)26-13-9-8-10-14-26/h7-10,13-14,19,21-22,25,28-30,34,37H,1,11-12,15-18,20,23-24H2,2-6H3,(H,46,50)(H,48,52)(H2,45,47,53)/t28?,29-,34+,37+,43-/m1/s1. The second-order valence-corrected chi connectivity index (χ2v) is 19.1. The Morgan fingerprint density at radius 3 is 2.50 bits per heavy atom. The third kappa shape index (κ3) is 8.50. The van der Waals surface area contributed by atoms with Crippen molar-refractivity contribution in [3.8, 4) is 22.8 Å². The number of aromatic nitrogens is 1. The van der Waals surface area contributed by atoms with E-state index in [-0.39, 0.29) is 25.3 Å². The smallest absolute Gasteiger partial charge is 0.315 e. The number of ether oxygens (including phenoxy) is 2. The molecule has 3 heterocycles. The van der Waals surface area contributed by atoms with Crippen molar-refractivity contribution in [3.63, 3.8) is 0 Å². The van der Waals surface area contributed by atoms with Crippen LogP contribution in [0.25, 0.3) is 22.2 Å². The third-order valence-corrected chi connectivity index (χ3v) is 13.6. The van der Waals surface area contributed by atoms with Crippen molar-refractivity contribution in [3.05, 3.63) is 66.7 Å². The van der Waals surface area contributed by atoms with Gasteiger partial charge in [0.05, 0.1) is 30.1 Å². The number of fused-ring (bicyclic) bond motifs is 3. The van der Waals surface area contributed by atoms with Gasteiger partial charge < -0.3 is 30.3 Å². The highest BCUT2D eigenvalue weighted by molar-refractivity contribution is 7.91. The Morgan fingerprint density at radius 1 is 1.10 bits per heavy atom. The summed E-state index contributed by atoms with van der Waals surface area (Å²) in [6.45, 7) is 11.3. The lowest BCUT2D eigenvalue weighted by atomic mass is 9.95. The first kappa shape index (κ1) is 41.0. The molecule has 4 N–H and O–H groups in total. The van der Waals surface area contributed by atoms with Crippen LogP contribution in [0.3, 0.4) is 0 Å². The summed E-state index contributed by atoms with van der Waals surface area (Å²) in [6.07, 6.45) is 4.94. The lowest BCUT2D eigenvalue weighted by molar-refractivity contribution is -0.141. The maximum Gasteiger partial charge on any atom is 0.315 e. The van der Waals surface area contributed by atoms with Gasteiger partial charge in [-0.25, -0.2) is 18.2 Å². The van der Waals surface area contributed by atoms with Crippen molar-refractivity contribution in [1.29, 1.82) is 0 Å². The van der Waals surface area contributed by atoms with Crippen molar-refractivity contribution in [1.82, 2.24) is 30.6 Å². The summed E-state index contributed by atoms with van der Waals surface area (Å²) in [5.41, 5.74) is 0.999. The summed E-state index contributed by atoms with van der Waals surface area (Å²) in [4.78, 5) is 62.7. The van der Waals surface area contributed by atoms with Gasteiger partial charge in [-0.05, 0) is 69.9 Å². The molecule has 4 aliphatic rings. The number of hydrogen-bond acceptors (Lipinski definition) is 9. The minimum atomic E-state index is -3.91. The van der Waals surface area contributed by atoms with Crippen molar-refractivity contribution in [2.45, 2.75) is 114 Å². The van der Waals surface area contributed by atoms with Crippen LogP contribution in [-0.4, -0.2) is 90.2 Å². The number of rotatable bonds is 9. The molecule has 1 aromatic heterocycles. The fraction of sp³-hybridized carbons (Fsp3) is 0.512. The average Bonchev–Trinajstić information content (AvgIpc) is 4.11. The highest BCUT2D eigenvalue weighted by atomic mass is 32.2. The zero-order valence-electron chi connectivity index (χ0n) is 33.8. The van der Waals surface area contributed by atoms with Crippen LogP contribution in [-0.2, 0) is 30.8 Å². The van der Waals surface area contributed by atoms with Gasteiger partial charge in [0.25, 0.3) is 5.91 Å². The molecule has 14 nitrogen and oxygen atoms in total. The Bertz CT molecular complexity index is 2230. The van der Waals surface area contributed by atoms with Crippen LogP contribution in [0.1, 0.15) is 78.2 Å². The van der Waals surface area contributed by atoms with Crippen LogP contribution in [0.15, 0.2) is 61.2 Å². The highest BCUT2D eigenvalue weighted by Gasteiger charge is 2.62. The largest absolute Gasteiger partial charge is 0.496 e. The van der Waals surface area contributed by atoms with Gasteiger partial charge >= 0.3 is 6.03 Å². The molecule has 1 unspecified atom stereocenters. The van der Waals surface area contributed by atoms with E-state index in [4.69, 9.17) is 14.5 Å². The van der Waals surface area contributed by atoms with Gasteiger partial charge in [-0.2, -0.15) is 0 Å². The number of benzene rings is 2. The van der Waals surface area contributed by atoms with E-state index in [0.29, 0.717) is 48.4 Å². The number of carbonyl (C=O) groups excluding carboxylic acids is 4. The zero-order valence-corrected chi connectivity index (χ0v) is 34.6. The molecular formula is C43H54N6O8S. The van der Waals surface area contributed by atoms with Crippen molar-refractivity contribution < 1.29 is 37.1 Å². The van der Waals surface area contributed by atoms with Crippen molar-refractivity contribution in [2.24, 2.45) is 11.8 Å². The topological polar surface area (TPSA) is 185 Å². The lowest BCUT2D eigenvalue weighted by Crippen LogP contribution is -2.60. The Balaban J connectivity index is 1.28. The molecule has 3 aromatic rings. The molecule has 2 aliphatic carbocycles. The van der Waals surface area contributed by atoms with E-state index < -0.39 is 74.2 Å². The second kappa shape index (κ2) is 15.9.